The van der Waals surface area contributed by atoms with Crippen LogP contribution in [0, 0.1) is 6.92 Å². The molecule has 0 radical (unpaired) electrons. The number of guanidine groups is 1. The molecule has 1 aliphatic rings. The van der Waals surface area contributed by atoms with E-state index in [1.165, 1.54) is 44.7 Å². The van der Waals surface area contributed by atoms with Gasteiger partial charge in [0.2, 0.25) is 0 Å². The van der Waals surface area contributed by atoms with Crippen molar-refractivity contribution in [3.63, 3.8) is 0 Å². The fourth-order valence-electron chi connectivity index (χ4n) is 3.02. The summed E-state index contributed by atoms with van der Waals surface area (Å²) < 4.78 is 5.75. The van der Waals surface area contributed by atoms with Crippen LogP contribution in [0.15, 0.2) is 29.3 Å². The molecule has 1 aliphatic heterocycles. The molecule has 1 heterocycles. The zero-order valence-electron chi connectivity index (χ0n) is 17.7. The summed E-state index contributed by atoms with van der Waals surface area (Å²) in [5.41, 5.74) is 1.25. The van der Waals surface area contributed by atoms with Gasteiger partial charge in [0.1, 0.15) is 12.4 Å². The number of unbranched alkanes of at least 4 members (excludes halogenated alkanes) is 1. The van der Waals surface area contributed by atoms with Crippen LogP contribution in [-0.2, 0) is 0 Å². The Morgan fingerprint density at radius 1 is 1.07 bits per heavy atom. The van der Waals surface area contributed by atoms with Gasteiger partial charge in [0, 0.05) is 39.3 Å². The van der Waals surface area contributed by atoms with E-state index in [4.69, 9.17) is 4.74 Å². The standard InChI is InChI=1S/C21H37N5O.HI/c1-4-22-21(24-12-18-27-20-9-7-19(2)8-10-20)23-11-5-6-13-26-16-14-25(3)15-17-26;/h7-10H,4-6,11-18H2,1-3H3,(H2,22,23,24);1H. The minimum atomic E-state index is 0. The summed E-state index contributed by atoms with van der Waals surface area (Å²) in [6.45, 7) is 13.2. The van der Waals surface area contributed by atoms with Crippen molar-refractivity contribution in [2.75, 3.05) is 66.0 Å². The molecule has 0 bridgehead atoms. The van der Waals surface area contributed by atoms with Gasteiger partial charge in [-0.2, -0.15) is 0 Å². The van der Waals surface area contributed by atoms with Crippen LogP contribution in [0.3, 0.4) is 0 Å². The Balaban J connectivity index is 0.00000392. The van der Waals surface area contributed by atoms with Crippen molar-refractivity contribution in [3.8, 4) is 5.75 Å². The van der Waals surface area contributed by atoms with Crippen LogP contribution >= 0.6 is 24.0 Å². The summed E-state index contributed by atoms with van der Waals surface area (Å²) in [7, 11) is 2.20. The molecule has 1 saturated heterocycles. The Hall–Kier alpha value is -1.06. The van der Waals surface area contributed by atoms with Crippen LogP contribution in [0.2, 0.25) is 0 Å². The molecule has 6 nitrogen and oxygen atoms in total. The highest BCUT2D eigenvalue weighted by atomic mass is 127. The summed E-state index contributed by atoms with van der Waals surface area (Å²) in [6, 6.07) is 8.15. The molecule has 28 heavy (non-hydrogen) atoms. The Bertz CT molecular complexity index is 544. The Kier molecular flexibility index (Phi) is 13.3. The number of hydrogen-bond acceptors (Lipinski definition) is 4. The first-order valence-corrected chi connectivity index (χ1v) is 10.3. The topological polar surface area (TPSA) is 52.1 Å². The summed E-state index contributed by atoms with van der Waals surface area (Å²) >= 11 is 0. The van der Waals surface area contributed by atoms with Gasteiger partial charge in [-0.25, -0.2) is 0 Å². The zero-order chi connectivity index (χ0) is 19.3. The zero-order valence-corrected chi connectivity index (χ0v) is 20.1. The number of ether oxygens (including phenoxy) is 1. The smallest absolute Gasteiger partial charge is 0.191 e. The Labute approximate surface area is 188 Å². The van der Waals surface area contributed by atoms with E-state index >= 15 is 0 Å². The van der Waals surface area contributed by atoms with Crippen molar-refractivity contribution < 1.29 is 4.74 Å². The fourth-order valence-corrected chi connectivity index (χ4v) is 3.02. The first-order valence-electron chi connectivity index (χ1n) is 10.3. The van der Waals surface area contributed by atoms with Crippen molar-refractivity contribution in [2.24, 2.45) is 4.99 Å². The number of aliphatic imine (C=N–C) groups is 1. The molecule has 0 aliphatic carbocycles. The summed E-state index contributed by atoms with van der Waals surface area (Å²) in [6.07, 6.45) is 2.34. The molecule has 0 saturated carbocycles. The molecular weight excluding hydrogens is 465 g/mol. The Morgan fingerprint density at radius 3 is 2.46 bits per heavy atom. The highest BCUT2D eigenvalue weighted by Crippen LogP contribution is 2.10. The lowest BCUT2D eigenvalue weighted by Gasteiger charge is -2.32. The highest BCUT2D eigenvalue weighted by molar-refractivity contribution is 14.0. The average Bonchev–Trinajstić information content (AvgIpc) is 2.67. The molecule has 0 amide bonds. The van der Waals surface area contributed by atoms with E-state index in [0.29, 0.717) is 6.61 Å². The molecule has 2 rings (SSSR count). The van der Waals surface area contributed by atoms with Gasteiger partial charge >= 0.3 is 0 Å². The summed E-state index contributed by atoms with van der Waals surface area (Å²) in [5.74, 6) is 1.79. The van der Waals surface area contributed by atoms with Gasteiger partial charge in [-0.1, -0.05) is 17.7 Å². The second-order valence-electron chi connectivity index (χ2n) is 7.20. The lowest BCUT2D eigenvalue weighted by Crippen LogP contribution is -2.44. The molecule has 0 atom stereocenters. The number of benzene rings is 1. The van der Waals surface area contributed by atoms with Crippen LogP contribution in [0.1, 0.15) is 25.3 Å². The Morgan fingerprint density at radius 2 is 1.79 bits per heavy atom. The highest BCUT2D eigenvalue weighted by Gasteiger charge is 2.12. The molecule has 1 fully saturated rings. The molecule has 0 unspecified atom stereocenters. The number of hydrogen-bond donors (Lipinski definition) is 2. The van der Waals surface area contributed by atoms with Crippen LogP contribution in [0.4, 0.5) is 0 Å². The van der Waals surface area contributed by atoms with Crippen LogP contribution in [0.5, 0.6) is 5.75 Å². The number of piperazine rings is 1. The quantitative estimate of drug-likeness (QED) is 0.223. The van der Waals surface area contributed by atoms with Crippen molar-refractivity contribution in [1.82, 2.24) is 20.4 Å². The van der Waals surface area contributed by atoms with Gasteiger partial charge in [-0.05, 0) is 52.4 Å². The fraction of sp³-hybridized carbons (Fsp3) is 0.667. The molecule has 7 heteroatoms. The number of halogens is 1. The van der Waals surface area contributed by atoms with Crippen molar-refractivity contribution in [3.05, 3.63) is 29.8 Å². The SMILES string of the molecule is CCNC(=NCCCCN1CCN(C)CC1)NCCOc1ccc(C)cc1.I. The number of likely N-dealkylation sites (N-methyl/N-ethyl adjacent to an activating group) is 1. The molecule has 0 aromatic heterocycles. The molecule has 0 spiro atoms. The third-order valence-electron chi connectivity index (χ3n) is 4.78. The maximum Gasteiger partial charge on any atom is 0.191 e. The van der Waals surface area contributed by atoms with Crippen molar-refractivity contribution in [2.45, 2.75) is 26.7 Å². The van der Waals surface area contributed by atoms with E-state index in [2.05, 4.69) is 58.5 Å². The minimum Gasteiger partial charge on any atom is -0.492 e. The second-order valence-corrected chi connectivity index (χ2v) is 7.20. The molecule has 160 valence electrons. The van der Waals surface area contributed by atoms with E-state index in [0.717, 1.165) is 37.8 Å². The number of nitrogens with zero attached hydrogens (tertiary/aromatic N) is 3. The summed E-state index contributed by atoms with van der Waals surface area (Å²) in [5, 5.41) is 6.65. The van der Waals surface area contributed by atoms with E-state index in [9.17, 15) is 0 Å². The van der Waals surface area contributed by atoms with Crippen LogP contribution < -0.4 is 15.4 Å². The van der Waals surface area contributed by atoms with E-state index < -0.39 is 0 Å². The first-order chi connectivity index (χ1) is 13.2. The maximum absolute atomic E-state index is 5.75. The predicted molar refractivity (Wildman–Crippen MR) is 129 cm³/mol. The molecule has 2 N–H and O–H groups in total. The van der Waals surface area contributed by atoms with Crippen molar-refractivity contribution >= 4 is 29.9 Å². The number of nitrogens with one attached hydrogen (secondary N) is 2. The number of aryl methyl sites for hydroxylation is 1. The van der Waals surface area contributed by atoms with Crippen molar-refractivity contribution in [1.29, 1.82) is 0 Å². The summed E-state index contributed by atoms with van der Waals surface area (Å²) in [4.78, 5) is 9.64. The average molecular weight is 503 g/mol. The third-order valence-corrected chi connectivity index (χ3v) is 4.78. The van der Waals surface area contributed by atoms with E-state index in [1.807, 2.05) is 12.1 Å². The van der Waals surface area contributed by atoms with Gasteiger partial charge in [0.25, 0.3) is 0 Å². The monoisotopic (exact) mass is 503 g/mol. The third kappa shape index (κ3) is 10.5. The maximum atomic E-state index is 5.75. The molecule has 1 aromatic rings. The van der Waals surface area contributed by atoms with Crippen LogP contribution in [0.25, 0.3) is 0 Å². The first kappa shape index (κ1) is 25.0. The predicted octanol–water partition coefficient (Wildman–Crippen LogP) is 2.57. The van der Waals surface area contributed by atoms with E-state index in [-0.39, 0.29) is 24.0 Å². The number of rotatable bonds is 10. The van der Waals surface area contributed by atoms with Gasteiger partial charge in [0.15, 0.2) is 5.96 Å². The van der Waals surface area contributed by atoms with E-state index in [1.54, 1.807) is 0 Å². The lowest BCUT2D eigenvalue weighted by molar-refractivity contribution is 0.152. The van der Waals surface area contributed by atoms with Gasteiger partial charge in [-0.15, -0.1) is 24.0 Å². The van der Waals surface area contributed by atoms with Gasteiger partial charge < -0.3 is 25.2 Å². The largest absolute Gasteiger partial charge is 0.492 e. The van der Waals surface area contributed by atoms with Crippen LogP contribution in [-0.4, -0.2) is 81.8 Å². The normalized spacial score (nSPS) is 15.8. The second kappa shape index (κ2) is 14.9. The minimum absolute atomic E-state index is 0. The lowest BCUT2D eigenvalue weighted by atomic mass is 10.2. The van der Waals surface area contributed by atoms with Gasteiger partial charge in [-0.3, -0.25) is 4.99 Å². The molecule has 1 aromatic carbocycles. The molecular formula is C21H38IN5O. The van der Waals surface area contributed by atoms with Gasteiger partial charge in [0.05, 0.1) is 6.54 Å².